The lowest BCUT2D eigenvalue weighted by Crippen LogP contribution is -2.36. The Bertz CT molecular complexity index is 1010. The summed E-state index contributed by atoms with van der Waals surface area (Å²) in [5.41, 5.74) is 2.54. The summed E-state index contributed by atoms with van der Waals surface area (Å²) >= 11 is 0. The van der Waals surface area contributed by atoms with Crippen LogP contribution in [-0.4, -0.2) is 40.2 Å². The highest BCUT2D eigenvalue weighted by atomic mass is 16.5. The van der Waals surface area contributed by atoms with Gasteiger partial charge in [-0.15, -0.1) is 0 Å². The topological polar surface area (TPSA) is 77.7 Å². The predicted octanol–water partition coefficient (Wildman–Crippen LogP) is 4.89. The second kappa shape index (κ2) is 10.1. The van der Waals surface area contributed by atoms with Crippen LogP contribution in [0.4, 0.5) is 0 Å². The SMILES string of the molecule is CCOc1ccc(C(=O)N(Cc2nc(-c3ccc(C)cc3)no2)C(C)C)cc1OCC. The van der Waals surface area contributed by atoms with Crippen LogP contribution in [0.15, 0.2) is 47.0 Å². The molecule has 7 nitrogen and oxygen atoms in total. The van der Waals surface area contributed by atoms with Crippen molar-refractivity contribution in [1.29, 1.82) is 0 Å². The van der Waals surface area contributed by atoms with Crippen molar-refractivity contribution in [3.63, 3.8) is 0 Å². The largest absolute Gasteiger partial charge is 0.490 e. The molecular weight excluding hydrogens is 394 g/mol. The zero-order valence-corrected chi connectivity index (χ0v) is 18.7. The van der Waals surface area contributed by atoms with E-state index in [0.717, 1.165) is 11.1 Å². The van der Waals surface area contributed by atoms with Crippen LogP contribution in [0.5, 0.6) is 11.5 Å². The van der Waals surface area contributed by atoms with Gasteiger partial charge in [-0.05, 0) is 52.8 Å². The molecule has 7 heteroatoms. The number of amides is 1. The fourth-order valence-electron chi connectivity index (χ4n) is 3.12. The molecular formula is C24H29N3O4. The summed E-state index contributed by atoms with van der Waals surface area (Å²) in [4.78, 5) is 19.4. The van der Waals surface area contributed by atoms with Crippen molar-refractivity contribution in [3.05, 3.63) is 59.5 Å². The molecule has 0 unspecified atom stereocenters. The summed E-state index contributed by atoms with van der Waals surface area (Å²) in [6.07, 6.45) is 0. The number of carbonyl (C=O) groups excluding carboxylic acids is 1. The second-order valence-corrected chi connectivity index (χ2v) is 7.43. The van der Waals surface area contributed by atoms with E-state index in [2.05, 4.69) is 10.1 Å². The number of nitrogens with zero attached hydrogens (tertiary/aromatic N) is 3. The molecule has 164 valence electrons. The number of aryl methyl sites for hydroxylation is 1. The maximum Gasteiger partial charge on any atom is 0.254 e. The third-order valence-electron chi connectivity index (χ3n) is 4.76. The molecule has 0 saturated heterocycles. The van der Waals surface area contributed by atoms with E-state index in [-0.39, 0.29) is 18.5 Å². The molecule has 1 heterocycles. The first-order valence-corrected chi connectivity index (χ1v) is 10.5. The van der Waals surface area contributed by atoms with Crippen LogP contribution in [0.2, 0.25) is 0 Å². The molecule has 0 N–H and O–H groups in total. The minimum absolute atomic E-state index is 0.0654. The van der Waals surface area contributed by atoms with Crippen molar-refractivity contribution in [2.24, 2.45) is 0 Å². The van der Waals surface area contributed by atoms with Crippen molar-refractivity contribution in [3.8, 4) is 22.9 Å². The molecule has 31 heavy (non-hydrogen) atoms. The minimum atomic E-state index is -0.144. The average molecular weight is 424 g/mol. The van der Waals surface area contributed by atoms with E-state index in [1.165, 1.54) is 0 Å². The predicted molar refractivity (Wildman–Crippen MR) is 118 cm³/mol. The van der Waals surface area contributed by atoms with E-state index < -0.39 is 0 Å². The number of aromatic nitrogens is 2. The highest BCUT2D eigenvalue weighted by molar-refractivity contribution is 5.95. The minimum Gasteiger partial charge on any atom is -0.490 e. The van der Waals surface area contributed by atoms with E-state index in [4.69, 9.17) is 14.0 Å². The Morgan fingerprint density at radius 2 is 1.71 bits per heavy atom. The molecule has 1 amide bonds. The van der Waals surface area contributed by atoms with Gasteiger partial charge in [0.05, 0.1) is 13.2 Å². The molecule has 0 atom stereocenters. The zero-order chi connectivity index (χ0) is 22.4. The Morgan fingerprint density at radius 3 is 2.35 bits per heavy atom. The normalized spacial score (nSPS) is 10.9. The fourth-order valence-corrected chi connectivity index (χ4v) is 3.12. The standard InChI is InChI=1S/C24H29N3O4/c1-6-29-20-13-12-19(14-21(20)30-7-2)24(28)27(16(3)4)15-22-25-23(26-31-22)18-10-8-17(5)9-11-18/h8-14,16H,6-7,15H2,1-5H3. The summed E-state index contributed by atoms with van der Waals surface area (Å²) in [6.45, 7) is 10.9. The highest BCUT2D eigenvalue weighted by Crippen LogP contribution is 2.29. The van der Waals surface area contributed by atoms with Crippen molar-refractivity contribution in [1.82, 2.24) is 15.0 Å². The average Bonchev–Trinajstić information content (AvgIpc) is 3.22. The van der Waals surface area contributed by atoms with Gasteiger partial charge in [-0.25, -0.2) is 0 Å². The van der Waals surface area contributed by atoms with Gasteiger partial charge in [0.2, 0.25) is 11.7 Å². The van der Waals surface area contributed by atoms with Gasteiger partial charge in [0.25, 0.3) is 5.91 Å². The lowest BCUT2D eigenvalue weighted by molar-refractivity contribution is 0.0667. The lowest BCUT2D eigenvalue weighted by atomic mass is 10.1. The van der Waals surface area contributed by atoms with Crippen molar-refractivity contribution < 1.29 is 18.8 Å². The molecule has 0 bridgehead atoms. The van der Waals surface area contributed by atoms with Crippen molar-refractivity contribution in [2.45, 2.75) is 47.2 Å². The Labute approximate surface area is 183 Å². The van der Waals surface area contributed by atoms with Crippen LogP contribution in [-0.2, 0) is 6.54 Å². The Balaban J connectivity index is 1.81. The third-order valence-corrected chi connectivity index (χ3v) is 4.76. The number of ether oxygens (including phenoxy) is 2. The van der Waals surface area contributed by atoms with Crippen molar-refractivity contribution >= 4 is 5.91 Å². The highest BCUT2D eigenvalue weighted by Gasteiger charge is 2.23. The molecule has 3 aromatic rings. The van der Waals surface area contributed by atoms with Crippen LogP contribution in [0, 0.1) is 6.92 Å². The van der Waals surface area contributed by atoms with Crippen LogP contribution in [0.3, 0.4) is 0 Å². The molecule has 3 rings (SSSR count). The van der Waals surface area contributed by atoms with Crippen LogP contribution < -0.4 is 9.47 Å². The van der Waals surface area contributed by atoms with Gasteiger partial charge in [0.15, 0.2) is 11.5 Å². The summed E-state index contributed by atoms with van der Waals surface area (Å²) < 4.78 is 16.7. The van der Waals surface area contributed by atoms with Gasteiger partial charge < -0.3 is 18.9 Å². The van der Waals surface area contributed by atoms with E-state index >= 15 is 0 Å². The first-order valence-electron chi connectivity index (χ1n) is 10.5. The number of hydrogen-bond donors (Lipinski definition) is 0. The van der Waals surface area contributed by atoms with Crippen LogP contribution in [0.1, 0.15) is 49.5 Å². The molecule has 0 aliphatic carbocycles. The Hall–Kier alpha value is -3.35. The molecule has 0 saturated carbocycles. The van der Waals surface area contributed by atoms with Gasteiger partial charge in [-0.3, -0.25) is 4.79 Å². The zero-order valence-electron chi connectivity index (χ0n) is 18.7. The molecule has 1 aromatic heterocycles. The second-order valence-electron chi connectivity index (χ2n) is 7.43. The maximum absolute atomic E-state index is 13.3. The quantitative estimate of drug-likeness (QED) is 0.487. The first kappa shape index (κ1) is 22.3. The molecule has 0 spiro atoms. The van der Waals surface area contributed by atoms with Gasteiger partial charge in [0, 0.05) is 17.2 Å². The summed E-state index contributed by atoms with van der Waals surface area (Å²) in [5.74, 6) is 1.92. The van der Waals surface area contributed by atoms with Gasteiger partial charge in [0.1, 0.15) is 6.54 Å². The van der Waals surface area contributed by atoms with E-state index in [9.17, 15) is 4.79 Å². The summed E-state index contributed by atoms with van der Waals surface area (Å²) in [5, 5.41) is 4.07. The summed E-state index contributed by atoms with van der Waals surface area (Å²) in [6, 6.07) is 13.1. The molecule has 0 radical (unpaired) electrons. The third kappa shape index (κ3) is 5.42. The van der Waals surface area contributed by atoms with E-state index in [1.54, 1.807) is 23.1 Å². The Morgan fingerprint density at radius 1 is 1.03 bits per heavy atom. The lowest BCUT2D eigenvalue weighted by Gasteiger charge is -2.25. The number of hydrogen-bond acceptors (Lipinski definition) is 6. The van der Waals surface area contributed by atoms with Gasteiger partial charge >= 0.3 is 0 Å². The van der Waals surface area contributed by atoms with Crippen LogP contribution >= 0.6 is 0 Å². The van der Waals surface area contributed by atoms with E-state index in [0.29, 0.717) is 42.0 Å². The first-order chi connectivity index (χ1) is 14.9. The van der Waals surface area contributed by atoms with E-state index in [1.807, 2.05) is 58.9 Å². The molecule has 0 aliphatic heterocycles. The van der Waals surface area contributed by atoms with Crippen molar-refractivity contribution in [2.75, 3.05) is 13.2 Å². The molecule has 0 aliphatic rings. The number of rotatable bonds is 9. The molecule has 0 fully saturated rings. The van der Waals surface area contributed by atoms with Gasteiger partial charge in [-0.2, -0.15) is 4.98 Å². The van der Waals surface area contributed by atoms with Gasteiger partial charge in [-0.1, -0.05) is 35.0 Å². The maximum atomic E-state index is 13.3. The Kier molecular flexibility index (Phi) is 7.28. The monoisotopic (exact) mass is 423 g/mol. The number of benzene rings is 2. The summed E-state index contributed by atoms with van der Waals surface area (Å²) in [7, 11) is 0. The fraction of sp³-hybridized carbons (Fsp3) is 0.375. The number of carbonyl (C=O) groups is 1. The molecule has 2 aromatic carbocycles. The smallest absolute Gasteiger partial charge is 0.254 e. The van der Waals surface area contributed by atoms with Crippen LogP contribution in [0.25, 0.3) is 11.4 Å².